The van der Waals surface area contributed by atoms with Gasteiger partial charge >= 0.3 is 0 Å². The van der Waals surface area contributed by atoms with Crippen LogP contribution in [0.15, 0.2) is 41.0 Å². The number of furan rings is 1. The van der Waals surface area contributed by atoms with Crippen LogP contribution in [0, 0.1) is 12.7 Å². The first-order valence-corrected chi connectivity index (χ1v) is 7.72. The zero-order valence-corrected chi connectivity index (χ0v) is 13.5. The Morgan fingerprint density at radius 3 is 2.74 bits per heavy atom. The van der Waals surface area contributed by atoms with Crippen LogP contribution in [0.1, 0.15) is 30.2 Å². The molecule has 1 amide bonds. The second-order valence-electron chi connectivity index (χ2n) is 5.59. The number of rotatable bonds is 7. The van der Waals surface area contributed by atoms with Gasteiger partial charge in [-0.15, -0.1) is 0 Å². The average Bonchev–Trinajstić information content (AvgIpc) is 3.03. The van der Waals surface area contributed by atoms with E-state index in [4.69, 9.17) is 4.42 Å². The van der Waals surface area contributed by atoms with Gasteiger partial charge in [-0.25, -0.2) is 4.39 Å². The van der Waals surface area contributed by atoms with Crippen LogP contribution in [0.25, 0.3) is 0 Å². The smallest absolute Gasteiger partial charge is 0.227 e. The van der Waals surface area contributed by atoms with Crippen LogP contribution in [0.4, 0.5) is 4.39 Å². The van der Waals surface area contributed by atoms with Crippen LogP contribution >= 0.6 is 0 Å². The van der Waals surface area contributed by atoms with Gasteiger partial charge in [0, 0.05) is 0 Å². The number of aliphatic hydroxyl groups excluding tert-OH is 1. The summed E-state index contributed by atoms with van der Waals surface area (Å²) in [4.78, 5) is 14.3. The summed E-state index contributed by atoms with van der Waals surface area (Å²) >= 11 is 0. The molecule has 0 aliphatic carbocycles. The molecule has 124 valence electrons. The van der Waals surface area contributed by atoms with Crippen LogP contribution in [0.3, 0.4) is 0 Å². The lowest BCUT2D eigenvalue weighted by Gasteiger charge is -2.29. The Hall–Kier alpha value is -2.14. The molecule has 0 aliphatic rings. The van der Waals surface area contributed by atoms with Gasteiger partial charge in [0.2, 0.25) is 5.91 Å². The molecule has 23 heavy (non-hydrogen) atoms. The lowest BCUT2D eigenvalue weighted by atomic mass is 10.0. The van der Waals surface area contributed by atoms with Crippen molar-refractivity contribution in [1.29, 1.82) is 0 Å². The molecule has 1 aromatic heterocycles. The molecule has 5 heteroatoms. The fourth-order valence-electron chi connectivity index (χ4n) is 2.56. The number of hydrogen-bond donors (Lipinski definition) is 1. The zero-order valence-electron chi connectivity index (χ0n) is 13.5. The second kappa shape index (κ2) is 7.92. The average molecular weight is 319 g/mol. The lowest BCUT2D eigenvalue weighted by molar-refractivity contribution is -0.134. The highest BCUT2D eigenvalue weighted by Crippen LogP contribution is 2.16. The van der Waals surface area contributed by atoms with Crippen molar-refractivity contribution in [2.75, 3.05) is 6.61 Å². The van der Waals surface area contributed by atoms with Gasteiger partial charge in [0.25, 0.3) is 0 Å². The number of carbonyl (C=O) groups excluding carboxylic acids is 1. The maximum Gasteiger partial charge on any atom is 0.227 e. The Morgan fingerprint density at radius 2 is 2.17 bits per heavy atom. The third kappa shape index (κ3) is 4.42. The Morgan fingerprint density at radius 1 is 1.39 bits per heavy atom. The molecule has 0 unspecified atom stereocenters. The number of hydrogen-bond acceptors (Lipinski definition) is 3. The predicted octanol–water partition coefficient (Wildman–Crippen LogP) is 3.07. The fourth-order valence-corrected chi connectivity index (χ4v) is 2.56. The summed E-state index contributed by atoms with van der Waals surface area (Å²) in [7, 11) is 0. The number of amides is 1. The molecule has 1 heterocycles. The number of aliphatic hydroxyl groups is 1. The highest BCUT2D eigenvalue weighted by molar-refractivity contribution is 5.79. The van der Waals surface area contributed by atoms with E-state index in [0.717, 1.165) is 11.1 Å². The normalized spacial score (nSPS) is 12.2. The van der Waals surface area contributed by atoms with Crippen molar-refractivity contribution in [1.82, 2.24) is 4.90 Å². The van der Waals surface area contributed by atoms with Crippen LogP contribution in [-0.4, -0.2) is 28.6 Å². The molecule has 0 aliphatic heterocycles. The van der Waals surface area contributed by atoms with Crippen molar-refractivity contribution < 1.29 is 18.7 Å². The summed E-state index contributed by atoms with van der Waals surface area (Å²) in [6.07, 6.45) is 2.37. The van der Waals surface area contributed by atoms with Crippen molar-refractivity contribution in [3.8, 4) is 0 Å². The van der Waals surface area contributed by atoms with Crippen molar-refractivity contribution in [2.24, 2.45) is 0 Å². The summed E-state index contributed by atoms with van der Waals surface area (Å²) in [5.41, 5.74) is 1.53. The van der Waals surface area contributed by atoms with E-state index in [9.17, 15) is 14.3 Å². The summed E-state index contributed by atoms with van der Waals surface area (Å²) in [6, 6.07) is 7.70. The molecule has 0 bridgehead atoms. The van der Waals surface area contributed by atoms with Crippen LogP contribution in [0.2, 0.25) is 0 Å². The minimum Gasteiger partial charge on any atom is -0.467 e. The second-order valence-corrected chi connectivity index (χ2v) is 5.59. The van der Waals surface area contributed by atoms with Gasteiger partial charge in [0.05, 0.1) is 31.9 Å². The predicted molar refractivity (Wildman–Crippen MR) is 85.3 cm³/mol. The first-order chi connectivity index (χ1) is 11.0. The summed E-state index contributed by atoms with van der Waals surface area (Å²) < 4.78 is 18.5. The number of nitrogens with zero attached hydrogens (tertiary/aromatic N) is 1. The molecular weight excluding hydrogens is 297 g/mol. The molecule has 1 atom stereocenters. The first-order valence-electron chi connectivity index (χ1n) is 7.72. The molecular formula is C18H22FNO3. The maximum atomic E-state index is 13.2. The van der Waals surface area contributed by atoms with Gasteiger partial charge in [0.15, 0.2) is 0 Å². The molecule has 0 spiro atoms. The maximum absolute atomic E-state index is 13.2. The van der Waals surface area contributed by atoms with E-state index in [1.165, 1.54) is 12.1 Å². The number of carbonyl (C=O) groups is 1. The van der Waals surface area contributed by atoms with Crippen LogP contribution in [0.5, 0.6) is 0 Å². The molecule has 2 rings (SSSR count). The molecule has 2 aromatic rings. The third-order valence-electron chi connectivity index (χ3n) is 4.00. The highest BCUT2D eigenvalue weighted by atomic mass is 19.1. The van der Waals surface area contributed by atoms with E-state index in [-0.39, 0.29) is 30.8 Å². The van der Waals surface area contributed by atoms with Gasteiger partial charge < -0.3 is 14.4 Å². The lowest BCUT2D eigenvalue weighted by Crippen LogP contribution is -2.42. The zero-order chi connectivity index (χ0) is 16.8. The van der Waals surface area contributed by atoms with E-state index in [1.807, 2.05) is 6.92 Å². The minimum absolute atomic E-state index is 0.106. The van der Waals surface area contributed by atoms with E-state index in [0.29, 0.717) is 18.7 Å². The molecule has 4 nitrogen and oxygen atoms in total. The van der Waals surface area contributed by atoms with E-state index >= 15 is 0 Å². The quantitative estimate of drug-likeness (QED) is 0.853. The topological polar surface area (TPSA) is 53.7 Å². The number of aryl methyl sites for hydroxylation is 1. The third-order valence-corrected chi connectivity index (χ3v) is 4.00. The minimum atomic E-state index is -0.312. The van der Waals surface area contributed by atoms with Gasteiger partial charge in [-0.3, -0.25) is 4.79 Å². The summed E-state index contributed by atoms with van der Waals surface area (Å²) in [6.45, 7) is 3.91. The van der Waals surface area contributed by atoms with Gasteiger partial charge in [-0.2, -0.15) is 0 Å². The molecule has 0 saturated carbocycles. The Balaban J connectivity index is 2.18. The largest absolute Gasteiger partial charge is 0.467 e. The van der Waals surface area contributed by atoms with Crippen molar-refractivity contribution in [2.45, 2.75) is 39.3 Å². The molecule has 0 radical (unpaired) electrons. The number of halogens is 1. The SMILES string of the molecule is CC[C@@H](CO)N(Cc1ccco1)C(=O)Cc1ccc(F)cc1C. The Bertz CT molecular complexity index is 636. The molecule has 0 saturated heterocycles. The van der Waals surface area contributed by atoms with Gasteiger partial charge in [-0.05, 0) is 48.7 Å². The standard InChI is InChI=1S/C18H22FNO3/c1-3-16(12-21)20(11-17-5-4-8-23-17)18(22)10-14-6-7-15(19)9-13(14)2/h4-9,16,21H,3,10-12H2,1-2H3/t16-/m0/s1. The van der Waals surface area contributed by atoms with Crippen LogP contribution < -0.4 is 0 Å². The van der Waals surface area contributed by atoms with Gasteiger partial charge in [0.1, 0.15) is 11.6 Å². The summed E-state index contributed by atoms with van der Waals surface area (Å²) in [5, 5.41) is 9.56. The summed E-state index contributed by atoms with van der Waals surface area (Å²) in [5.74, 6) is 0.242. The highest BCUT2D eigenvalue weighted by Gasteiger charge is 2.23. The van der Waals surface area contributed by atoms with Crippen molar-refractivity contribution in [3.05, 3.63) is 59.3 Å². The van der Waals surface area contributed by atoms with E-state index < -0.39 is 0 Å². The molecule has 1 aromatic carbocycles. The fraction of sp³-hybridized carbons (Fsp3) is 0.389. The Kier molecular flexibility index (Phi) is 5.93. The Labute approximate surface area is 135 Å². The number of benzene rings is 1. The van der Waals surface area contributed by atoms with Gasteiger partial charge in [-0.1, -0.05) is 13.0 Å². The first kappa shape index (κ1) is 17.2. The van der Waals surface area contributed by atoms with E-state index in [1.54, 1.807) is 36.3 Å². The van der Waals surface area contributed by atoms with Crippen molar-refractivity contribution in [3.63, 3.8) is 0 Å². The monoisotopic (exact) mass is 319 g/mol. The molecule has 0 fully saturated rings. The molecule has 1 N–H and O–H groups in total. The van der Waals surface area contributed by atoms with Crippen molar-refractivity contribution >= 4 is 5.91 Å². The van der Waals surface area contributed by atoms with Crippen LogP contribution in [-0.2, 0) is 17.8 Å². The van der Waals surface area contributed by atoms with E-state index in [2.05, 4.69) is 0 Å².